The van der Waals surface area contributed by atoms with Gasteiger partial charge < -0.3 is 10.4 Å². The summed E-state index contributed by atoms with van der Waals surface area (Å²) >= 11 is 0. The Hall–Kier alpha value is -1.79. The number of nitrogens with one attached hydrogen (secondary N) is 1. The van der Waals surface area contributed by atoms with Crippen LogP contribution in [0, 0.1) is 0 Å². The average Bonchev–Trinajstić information content (AvgIpc) is 3.23. The van der Waals surface area contributed by atoms with Crippen LogP contribution in [-0.2, 0) is 6.54 Å². The van der Waals surface area contributed by atoms with Gasteiger partial charge in [-0.3, -0.25) is 0 Å². The Kier molecular flexibility index (Phi) is 4.03. The van der Waals surface area contributed by atoms with Crippen molar-refractivity contribution in [1.29, 1.82) is 0 Å². The zero-order valence-corrected chi connectivity index (χ0v) is 11.3. The minimum atomic E-state index is 0.116. The van der Waals surface area contributed by atoms with Crippen molar-refractivity contribution in [3.05, 3.63) is 41.7 Å². The van der Waals surface area contributed by atoms with Gasteiger partial charge in [-0.25, -0.2) is 4.68 Å². The lowest BCUT2D eigenvalue weighted by Gasteiger charge is -2.18. The first-order valence-corrected chi connectivity index (χ1v) is 7.04. The molecule has 0 bridgehead atoms. The van der Waals surface area contributed by atoms with E-state index >= 15 is 0 Å². The monoisotopic (exact) mass is 273 g/mol. The predicted molar refractivity (Wildman–Crippen MR) is 73.8 cm³/mol. The van der Waals surface area contributed by atoms with E-state index in [1.165, 1.54) is 5.56 Å². The molecule has 106 valence electrons. The molecule has 1 aliphatic carbocycles. The number of benzene rings is 1. The number of hydrogen-bond donors (Lipinski definition) is 2. The molecule has 0 saturated heterocycles. The van der Waals surface area contributed by atoms with Crippen molar-refractivity contribution in [2.75, 3.05) is 6.61 Å². The molecular weight excluding hydrogens is 254 g/mol. The summed E-state index contributed by atoms with van der Waals surface area (Å²) in [4.78, 5) is 0. The fourth-order valence-electron chi connectivity index (χ4n) is 2.35. The quantitative estimate of drug-likeness (QED) is 0.793. The Morgan fingerprint density at radius 2 is 2.10 bits per heavy atom. The third-order valence-electron chi connectivity index (χ3n) is 3.58. The number of aliphatic hydroxyl groups excluding tert-OH is 1. The van der Waals surface area contributed by atoms with Crippen LogP contribution in [0.15, 0.2) is 30.3 Å². The highest BCUT2D eigenvalue weighted by molar-refractivity contribution is 5.18. The van der Waals surface area contributed by atoms with Gasteiger partial charge in [0.1, 0.15) is 0 Å². The molecule has 3 rings (SSSR count). The number of nitrogens with zero attached hydrogens (tertiary/aromatic N) is 4. The molecule has 6 heteroatoms. The summed E-state index contributed by atoms with van der Waals surface area (Å²) in [5.41, 5.74) is 1.17. The lowest BCUT2D eigenvalue weighted by Crippen LogP contribution is -2.24. The van der Waals surface area contributed by atoms with Crippen LogP contribution in [0.2, 0.25) is 0 Å². The summed E-state index contributed by atoms with van der Waals surface area (Å²) < 4.78 is 1.91. The van der Waals surface area contributed by atoms with E-state index < -0.39 is 0 Å². The first-order valence-electron chi connectivity index (χ1n) is 7.04. The number of aliphatic hydroxyl groups is 1. The molecule has 20 heavy (non-hydrogen) atoms. The molecule has 1 heterocycles. The Balaban J connectivity index is 1.66. The van der Waals surface area contributed by atoms with E-state index in [0.717, 1.165) is 18.7 Å². The Morgan fingerprint density at radius 3 is 2.80 bits per heavy atom. The summed E-state index contributed by atoms with van der Waals surface area (Å²) in [6.45, 7) is 0.767. The zero-order valence-electron chi connectivity index (χ0n) is 11.3. The van der Waals surface area contributed by atoms with Crippen molar-refractivity contribution in [1.82, 2.24) is 25.5 Å². The lowest BCUT2D eigenvalue weighted by atomic mass is 10.0. The van der Waals surface area contributed by atoms with Gasteiger partial charge in [0.05, 0.1) is 12.6 Å². The number of aromatic nitrogens is 4. The minimum absolute atomic E-state index is 0.116. The highest BCUT2D eigenvalue weighted by atomic mass is 16.3. The van der Waals surface area contributed by atoms with Crippen molar-refractivity contribution < 1.29 is 5.11 Å². The second-order valence-electron chi connectivity index (χ2n) is 5.13. The van der Waals surface area contributed by atoms with E-state index in [0.29, 0.717) is 19.0 Å². The van der Waals surface area contributed by atoms with Crippen LogP contribution in [0.5, 0.6) is 0 Å². The molecule has 1 atom stereocenters. The Labute approximate surface area is 117 Å². The molecule has 1 unspecified atom stereocenters. The number of hydrogen-bond acceptors (Lipinski definition) is 5. The molecular formula is C14H19N5O. The minimum Gasteiger partial charge on any atom is -0.396 e. The maximum Gasteiger partial charge on any atom is 0.165 e. The van der Waals surface area contributed by atoms with E-state index in [4.69, 9.17) is 0 Å². The first-order chi connectivity index (χ1) is 9.88. The standard InChI is InChI=1S/C14H19N5O/c20-9-8-13(11-4-2-1-3-5-11)15-10-14-16-17-18-19(14)12-6-7-12/h1-5,12-13,15,20H,6-10H2. The van der Waals surface area contributed by atoms with E-state index in [-0.39, 0.29) is 12.6 Å². The molecule has 1 aromatic heterocycles. The van der Waals surface area contributed by atoms with Crippen molar-refractivity contribution in [2.45, 2.75) is 37.9 Å². The van der Waals surface area contributed by atoms with Crippen LogP contribution in [0.1, 0.15) is 42.7 Å². The van der Waals surface area contributed by atoms with E-state index in [1.807, 2.05) is 22.9 Å². The highest BCUT2D eigenvalue weighted by Gasteiger charge is 2.27. The fraction of sp³-hybridized carbons (Fsp3) is 0.500. The van der Waals surface area contributed by atoms with Gasteiger partial charge in [0.15, 0.2) is 5.82 Å². The summed E-state index contributed by atoms with van der Waals surface area (Å²) in [6, 6.07) is 10.7. The van der Waals surface area contributed by atoms with Gasteiger partial charge in [-0.1, -0.05) is 30.3 Å². The fourth-order valence-corrected chi connectivity index (χ4v) is 2.35. The maximum atomic E-state index is 9.22. The van der Waals surface area contributed by atoms with Gasteiger partial charge in [0, 0.05) is 12.6 Å². The zero-order chi connectivity index (χ0) is 13.8. The van der Waals surface area contributed by atoms with E-state index in [1.54, 1.807) is 0 Å². The summed E-state index contributed by atoms with van der Waals surface area (Å²) in [6.07, 6.45) is 3.00. The molecule has 1 saturated carbocycles. The summed E-state index contributed by atoms with van der Waals surface area (Å²) in [5, 5.41) is 24.5. The molecule has 2 N–H and O–H groups in total. The van der Waals surface area contributed by atoms with E-state index in [2.05, 4.69) is 33.0 Å². The third kappa shape index (κ3) is 3.02. The molecule has 0 aliphatic heterocycles. The van der Waals surface area contributed by atoms with Gasteiger partial charge >= 0.3 is 0 Å². The van der Waals surface area contributed by atoms with Crippen LogP contribution in [-0.4, -0.2) is 31.9 Å². The summed E-state index contributed by atoms with van der Waals surface area (Å²) in [7, 11) is 0. The molecule has 0 spiro atoms. The predicted octanol–water partition coefficient (Wildman–Crippen LogP) is 1.22. The van der Waals surface area contributed by atoms with Crippen LogP contribution in [0.25, 0.3) is 0 Å². The Bertz CT molecular complexity index is 538. The smallest absolute Gasteiger partial charge is 0.165 e. The van der Waals surface area contributed by atoms with Gasteiger partial charge in [-0.05, 0) is 35.3 Å². The van der Waals surface area contributed by atoms with Crippen molar-refractivity contribution in [2.24, 2.45) is 0 Å². The summed E-state index contributed by atoms with van der Waals surface area (Å²) in [5.74, 6) is 0.867. The lowest BCUT2D eigenvalue weighted by molar-refractivity contribution is 0.264. The average molecular weight is 273 g/mol. The van der Waals surface area contributed by atoms with Crippen LogP contribution < -0.4 is 5.32 Å². The Morgan fingerprint density at radius 1 is 1.30 bits per heavy atom. The molecule has 2 aromatic rings. The van der Waals surface area contributed by atoms with Crippen LogP contribution in [0.3, 0.4) is 0 Å². The van der Waals surface area contributed by atoms with Crippen LogP contribution in [0.4, 0.5) is 0 Å². The number of tetrazole rings is 1. The van der Waals surface area contributed by atoms with Gasteiger partial charge in [0.2, 0.25) is 0 Å². The SMILES string of the molecule is OCCC(NCc1nnnn1C1CC1)c1ccccc1. The third-order valence-corrected chi connectivity index (χ3v) is 3.58. The molecule has 1 aromatic carbocycles. The first kappa shape index (κ1) is 13.2. The normalized spacial score (nSPS) is 16.2. The molecule has 1 fully saturated rings. The van der Waals surface area contributed by atoms with Gasteiger partial charge in [0.25, 0.3) is 0 Å². The van der Waals surface area contributed by atoms with Gasteiger partial charge in [-0.2, -0.15) is 0 Å². The second-order valence-corrected chi connectivity index (χ2v) is 5.13. The number of rotatable bonds is 7. The molecule has 0 amide bonds. The molecule has 6 nitrogen and oxygen atoms in total. The van der Waals surface area contributed by atoms with Gasteiger partial charge in [-0.15, -0.1) is 5.10 Å². The largest absolute Gasteiger partial charge is 0.396 e. The van der Waals surface area contributed by atoms with Crippen LogP contribution >= 0.6 is 0 Å². The van der Waals surface area contributed by atoms with Crippen molar-refractivity contribution >= 4 is 0 Å². The highest BCUT2D eigenvalue weighted by Crippen LogP contribution is 2.34. The molecule has 0 radical (unpaired) electrons. The van der Waals surface area contributed by atoms with Crippen molar-refractivity contribution in [3.63, 3.8) is 0 Å². The maximum absolute atomic E-state index is 9.22. The topological polar surface area (TPSA) is 75.9 Å². The van der Waals surface area contributed by atoms with Crippen molar-refractivity contribution in [3.8, 4) is 0 Å². The van der Waals surface area contributed by atoms with E-state index in [9.17, 15) is 5.11 Å². The second kappa shape index (κ2) is 6.11. The molecule has 1 aliphatic rings.